The first-order valence-corrected chi connectivity index (χ1v) is 6.68. The van der Waals surface area contributed by atoms with Crippen LogP contribution in [-0.2, 0) is 0 Å². The number of para-hydroxylation sites is 1. The fourth-order valence-electron chi connectivity index (χ4n) is 2.30. The van der Waals surface area contributed by atoms with E-state index in [0.29, 0.717) is 0 Å². The van der Waals surface area contributed by atoms with Crippen molar-refractivity contribution in [3.63, 3.8) is 0 Å². The number of benzene rings is 1. The monoisotopic (exact) mass is 259 g/mol. The molecule has 0 spiro atoms. The molecule has 1 heterocycles. The zero-order valence-electron chi connectivity index (χ0n) is 11.7. The summed E-state index contributed by atoms with van der Waals surface area (Å²) >= 11 is 0. The standard InChI is InChI=1S/C16H21NO2/c1-4-14(13-8-5-6-9-16(13)18-3)17-12(2)15-10-7-11-19-15/h5-12,14,17H,4H2,1-3H3. The average molecular weight is 259 g/mol. The van der Waals surface area contributed by atoms with E-state index in [1.54, 1.807) is 13.4 Å². The molecule has 2 aromatic rings. The summed E-state index contributed by atoms with van der Waals surface area (Å²) in [5.74, 6) is 1.88. The van der Waals surface area contributed by atoms with Crippen LogP contribution in [0.5, 0.6) is 5.75 Å². The second-order valence-corrected chi connectivity index (χ2v) is 4.61. The zero-order valence-corrected chi connectivity index (χ0v) is 11.7. The summed E-state index contributed by atoms with van der Waals surface area (Å²) in [7, 11) is 1.71. The molecule has 0 aliphatic heterocycles. The third-order valence-corrected chi connectivity index (χ3v) is 3.34. The van der Waals surface area contributed by atoms with Gasteiger partial charge in [0.25, 0.3) is 0 Å². The molecule has 0 aliphatic rings. The van der Waals surface area contributed by atoms with Crippen molar-refractivity contribution >= 4 is 0 Å². The molecule has 19 heavy (non-hydrogen) atoms. The minimum Gasteiger partial charge on any atom is -0.496 e. The van der Waals surface area contributed by atoms with Crippen molar-refractivity contribution in [3.8, 4) is 5.75 Å². The molecule has 0 aliphatic carbocycles. The number of methoxy groups -OCH3 is 1. The summed E-state index contributed by atoms with van der Waals surface area (Å²) in [6, 6.07) is 12.5. The molecular formula is C16H21NO2. The molecule has 1 aromatic carbocycles. The van der Waals surface area contributed by atoms with Gasteiger partial charge in [-0.15, -0.1) is 0 Å². The van der Waals surface area contributed by atoms with Crippen LogP contribution in [0.4, 0.5) is 0 Å². The van der Waals surface area contributed by atoms with Crippen molar-refractivity contribution < 1.29 is 9.15 Å². The highest BCUT2D eigenvalue weighted by atomic mass is 16.5. The summed E-state index contributed by atoms with van der Waals surface area (Å²) in [5, 5.41) is 3.59. The van der Waals surface area contributed by atoms with E-state index >= 15 is 0 Å². The summed E-state index contributed by atoms with van der Waals surface area (Å²) in [5.41, 5.74) is 1.19. The molecule has 0 saturated carbocycles. The van der Waals surface area contributed by atoms with Crippen molar-refractivity contribution in [2.24, 2.45) is 0 Å². The van der Waals surface area contributed by atoms with Gasteiger partial charge in [-0.1, -0.05) is 25.1 Å². The highest BCUT2D eigenvalue weighted by molar-refractivity contribution is 5.36. The molecular weight excluding hydrogens is 238 g/mol. The molecule has 0 amide bonds. The Hall–Kier alpha value is -1.74. The normalized spacial score (nSPS) is 14.1. The van der Waals surface area contributed by atoms with Gasteiger partial charge < -0.3 is 14.5 Å². The minimum atomic E-state index is 0.171. The highest BCUT2D eigenvalue weighted by Crippen LogP contribution is 2.29. The number of nitrogens with one attached hydrogen (secondary N) is 1. The third-order valence-electron chi connectivity index (χ3n) is 3.34. The summed E-state index contributed by atoms with van der Waals surface area (Å²) in [6.07, 6.45) is 2.70. The Morgan fingerprint density at radius 3 is 2.63 bits per heavy atom. The van der Waals surface area contributed by atoms with Crippen LogP contribution >= 0.6 is 0 Å². The van der Waals surface area contributed by atoms with E-state index < -0.39 is 0 Å². The molecule has 1 aromatic heterocycles. The second-order valence-electron chi connectivity index (χ2n) is 4.61. The van der Waals surface area contributed by atoms with Crippen LogP contribution in [0.2, 0.25) is 0 Å². The molecule has 0 bridgehead atoms. The van der Waals surface area contributed by atoms with Crippen molar-refractivity contribution in [2.75, 3.05) is 7.11 Å². The quantitative estimate of drug-likeness (QED) is 0.848. The Morgan fingerprint density at radius 1 is 1.21 bits per heavy atom. The van der Waals surface area contributed by atoms with Crippen LogP contribution in [-0.4, -0.2) is 7.11 Å². The summed E-state index contributed by atoms with van der Waals surface area (Å²) in [4.78, 5) is 0. The van der Waals surface area contributed by atoms with E-state index in [1.165, 1.54) is 5.56 Å². The number of hydrogen-bond acceptors (Lipinski definition) is 3. The molecule has 3 heteroatoms. The maximum absolute atomic E-state index is 5.44. The van der Waals surface area contributed by atoms with Crippen molar-refractivity contribution in [2.45, 2.75) is 32.4 Å². The summed E-state index contributed by atoms with van der Waals surface area (Å²) in [6.45, 7) is 4.27. The van der Waals surface area contributed by atoms with Crippen LogP contribution < -0.4 is 10.1 Å². The van der Waals surface area contributed by atoms with Crippen LogP contribution in [0.25, 0.3) is 0 Å². The van der Waals surface area contributed by atoms with Gasteiger partial charge in [0.15, 0.2) is 0 Å². The van der Waals surface area contributed by atoms with E-state index in [0.717, 1.165) is 17.9 Å². The van der Waals surface area contributed by atoms with E-state index in [9.17, 15) is 0 Å². The fraction of sp³-hybridized carbons (Fsp3) is 0.375. The Morgan fingerprint density at radius 2 is 2.00 bits per heavy atom. The van der Waals surface area contributed by atoms with Gasteiger partial charge >= 0.3 is 0 Å². The molecule has 0 radical (unpaired) electrons. The van der Waals surface area contributed by atoms with Crippen LogP contribution in [0.15, 0.2) is 47.1 Å². The second kappa shape index (κ2) is 6.43. The van der Waals surface area contributed by atoms with Gasteiger partial charge in [0.05, 0.1) is 19.4 Å². The topological polar surface area (TPSA) is 34.4 Å². The zero-order chi connectivity index (χ0) is 13.7. The van der Waals surface area contributed by atoms with E-state index in [4.69, 9.17) is 9.15 Å². The number of ether oxygens (including phenoxy) is 1. The van der Waals surface area contributed by atoms with Gasteiger partial charge in [0, 0.05) is 11.6 Å². The van der Waals surface area contributed by atoms with E-state index in [-0.39, 0.29) is 12.1 Å². The highest BCUT2D eigenvalue weighted by Gasteiger charge is 2.18. The lowest BCUT2D eigenvalue weighted by Gasteiger charge is -2.23. The summed E-state index contributed by atoms with van der Waals surface area (Å²) < 4.78 is 10.9. The van der Waals surface area contributed by atoms with Crippen LogP contribution in [0, 0.1) is 0 Å². The van der Waals surface area contributed by atoms with Gasteiger partial charge in [0.1, 0.15) is 11.5 Å². The Labute approximate surface area is 114 Å². The number of rotatable bonds is 6. The molecule has 0 fully saturated rings. The maximum atomic E-state index is 5.44. The molecule has 2 unspecified atom stereocenters. The first-order valence-electron chi connectivity index (χ1n) is 6.68. The fourth-order valence-corrected chi connectivity index (χ4v) is 2.30. The van der Waals surface area contributed by atoms with Crippen molar-refractivity contribution in [1.29, 1.82) is 0 Å². The third kappa shape index (κ3) is 3.18. The van der Waals surface area contributed by atoms with Gasteiger partial charge in [-0.3, -0.25) is 0 Å². The van der Waals surface area contributed by atoms with Crippen molar-refractivity contribution in [1.82, 2.24) is 5.32 Å². The lowest BCUT2D eigenvalue weighted by Crippen LogP contribution is -2.24. The maximum Gasteiger partial charge on any atom is 0.123 e. The predicted octanol–water partition coefficient (Wildman–Crippen LogP) is 4.09. The lowest BCUT2D eigenvalue weighted by atomic mass is 10.0. The molecule has 3 nitrogen and oxygen atoms in total. The van der Waals surface area contributed by atoms with E-state index in [1.807, 2.05) is 30.3 Å². The average Bonchev–Trinajstić information content (AvgIpc) is 2.98. The van der Waals surface area contributed by atoms with Gasteiger partial charge in [-0.25, -0.2) is 0 Å². The first-order chi connectivity index (χ1) is 9.26. The molecule has 2 rings (SSSR count). The molecule has 0 saturated heterocycles. The molecule has 2 atom stereocenters. The minimum absolute atomic E-state index is 0.171. The molecule has 1 N–H and O–H groups in total. The first kappa shape index (κ1) is 13.7. The largest absolute Gasteiger partial charge is 0.496 e. The number of hydrogen-bond donors (Lipinski definition) is 1. The Bertz CT molecular complexity index is 493. The van der Waals surface area contributed by atoms with Gasteiger partial charge in [-0.05, 0) is 31.5 Å². The Balaban J connectivity index is 2.16. The van der Waals surface area contributed by atoms with Crippen LogP contribution in [0.1, 0.15) is 43.7 Å². The Kier molecular flexibility index (Phi) is 4.63. The van der Waals surface area contributed by atoms with Crippen molar-refractivity contribution in [3.05, 3.63) is 54.0 Å². The predicted molar refractivity (Wildman–Crippen MR) is 76.3 cm³/mol. The van der Waals surface area contributed by atoms with Gasteiger partial charge in [0.2, 0.25) is 0 Å². The smallest absolute Gasteiger partial charge is 0.123 e. The van der Waals surface area contributed by atoms with Crippen LogP contribution in [0.3, 0.4) is 0 Å². The molecule has 102 valence electrons. The lowest BCUT2D eigenvalue weighted by molar-refractivity contribution is 0.367. The van der Waals surface area contributed by atoms with Gasteiger partial charge in [-0.2, -0.15) is 0 Å². The SMILES string of the molecule is CCC(NC(C)c1ccco1)c1ccccc1OC. The van der Waals surface area contributed by atoms with E-state index in [2.05, 4.69) is 25.2 Å². The number of furan rings is 1.